The van der Waals surface area contributed by atoms with Crippen LogP contribution < -0.4 is 0 Å². The van der Waals surface area contributed by atoms with E-state index < -0.39 is 30.8 Å². The van der Waals surface area contributed by atoms with Crippen LogP contribution in [-0.2, 0) is 14.3 Å². The number of methoxy groups -OCH3 is 2. The third-order valence-corrected chi connectivity index (χ3v) is 1.61. The number of halogens is 3. The fraction of sp³-hybridized carbons (Fsp3) is 0.857. The lowest BCUT2D eigenvalue weighted by Crippen LogP contribution is -2.38. The zero-order valence-electron chi connectivity index (χ0n) is 7.67. The topological polar surface area (TPSA) is 55.8 Å². The first-order chi connectivity index (χ1) is 6.32. The van der Waals surface area contributed by atoms with Gasteiger partial charge in [0.05, 0.1) is 6.42 Å². The molecule has 0 aromatic carbocycles. The Labute approximate surface area is 78.6 Å². The summed E-state index contributed by atoms with van der Waals surface area (Å²) >= 11 is 0. The van der Waals surface area contributed by atoms with Crippen LogP contribution in [0.4, 0.5) is 13.2 Å². The van der Waals surface area contributed by atoms with Gasteiger partial charge in [0.1, 0.15) is 5.92 Å². The summed E-state index contributed by atoms with van der Waals surface area (Å²) in [5, 5.41) is 8.28. The molecule has 0 amide bonds. The van der Waals surface area contributed by atoms with Crippen molar-refractivity contribution in [3.63, 3.8) is 0 Å². The van der Waals surface area contributed by atoms with Crippen LogP contribution in [0.5, 0.6) is 0 Å². The number of rotatable bonds is 5. The normalized spacial score (nSPS) is 14.4. The molecule has 0 aromatic heterocycles. The second-order valence-corrected chi connectivity index (χ2v) is 2.59. The van der Waals surface area contributed by atoms with Crippen LogP contribution in [0.1, 0.15) is 6.42 Å². The summed E-state index contributed by atoms with van der Waals surface area (Å²) < 4.78 is 45.6. The standard InChI is InChI=1S/C7H11F3O4/c1-13-6(14-2)4(3-5(11)12)7(8,9)10/h4,6H,3H2,1-2H3,(H,11,12). The molecule has 0 heterocycles. The molecule has 0 bridgehead atoms. The van der Waals surface area contributed by atoms with Crippen molar-refractivity contribution in [2.24, 2.45) is 5.92 Å². The van der Waals surface area contributed by atoms with Gasteiger partial charge in [-0.3, -0.25) is 4.79 Å². The van der Waals surface area contributed by atoms with Crippen LogP contribution in [0.3, 0.4) is 0 Å². The Kier molecular flexibility index (Phi) is 4.86. The van der Waals surface area contributed by atoms with Gasteiger partial charge in [-0.2, -0.15) is 13.2 Å². The van der Waals surface area contributed by atoms with Gasteiger partial charge in [0.2, 0.25) is 0 Å². The number of carboxylic acids is 1. The minimum atomic E-state index is -4.66. The maximum absolute atomic E-state index is 12.3. The summed E-state index contributed by atoms with van der Waals surface area (Å²) in [7, 11) is 2.05. The quantitative estimate of drug-likeness (QED) is 0.703. The summed E-state index contributed by atoms with van der Waals surface area (Å²) in [5.41, 5.74) is 0. The molecule has 0 rings (SSSR count). The first-order valence-electron chi connectivity index (χ1n) is 3.67. The van der Waals surface area contributed by atoms with Gasteiger partial charge in [-0.15, -0.1) is 0 Å². The van der Waals surface area contributed by atoms with E-state index >= 15 is 0 Å². The van der Waals surface area contributed by atoms with E-state index in [2.05, 4.69) is 9.47 Å². The molecule has 0 fully saturated rings. The van der Waals surface area contributed by atoms with Crippen LogP contribution in [0, 0.1) is 5.92 Å². The number of carbonyl (C=O) groups is 1. The molecule has 0 radical (unpaired) electrons. The fourth-order valence-electron chi connectivity index (χ4n) is 0.979. The summed E-state index contributed by atoms with van der Waals surface area (Å²) in [6, 6.07) is 0. The molecular weight excluding hydrogens is 205 g/mol. The third-order valence-electron chi connectivity index (χ3n) is 1.61. The maximum Gasteiger partial charge on any atom is 0.397 e. The van der Waals surface area contributed by atoms with Crippen LogP contribution >= 0.6 is 0 Å². The van der Waals surface area contributed by atoms with Crippen molar-refractivity contribution in [2.75, 3.05) is 14.2 Å². The second kappa shape index (κ2) is 5.16. The van der Waals surface area contributed by atoms with Gasteiger partial charge in [0, 0.05) is 14.2 Å². The monoisotopic (exact) mass is 216 g/mol. The molecule has 0 aliphatic rings. The molecule has 1 unspecified atom stereocenters. The van der Waals surface area contributed by atoms with Crippen molar-refractivity contribution >= 4 is 5.97 Å². The SMILES string of the molecule is COC(OC)C(CC(=O)O)C(F)(F)F. The highest BCUT2D eigenvalue weighted by atomic mass is 19.4. The van der Waals surface area contributed by atoms with Crippen LogP contribution in [0.2, 0.25) is 0 Å². The number of ether oxygens (including phenoxy) is 2. The lowest BCUT2D eigenvalue weighted by Gasteiger charge is -2.25. The van der Waals surface area contributed by atoms with E-state index in [9.17, 15) is 18.0 Å². The van der Waals surface area contributed by atoms with Gasteiger partial charge in [-0.1, -0.05) is 0 Å². The third kappa shape index (κ3) is 3.93. The van der Waals surface area contributed by atoms with E-state index in [0.29, 0.717) is 0 Å². The van der Waals surface area contributed by atoms with Crippen LogP contribution in [0.15, 0.2) is 0 Å². The van der Waals surface area contributed by atoms with Gasteiger partial charge in [0.15, 0.2) is 6.29 Å². The number of alkyl halides is 3. The van der Waals surface area contributed by atoms with E-state index in [1.165, 1.54) is 0 Å². The maximum atomic E-state index is 12.3. The van der Waals surface area contributed by atoms with E-state index in [4.69, 9.17) is 5.11 Å². The van der Waals surface area contributed by atoms with Gasteiger partial charge < -0.3 is 14.6 Å². The fourth-order valence-corrected chi connectivity index (χ4v) is 0.979. The van der Waals surface area contributed by atoms with Gasteiger partial charge in [-0.05, 0) is 0 Å². The number of hydrogen-bond acceptors (Lipinski definition) is 3. The van der Waals surface area contributed by atoms with Gasteiger partial charge in [-0.25, -0.2) is 0 Å². The molecule has 1 N–H and O–H groups in total. The lowest BCUT2D eigenvalue weighted by atomic mass is 10.0. The minimum absolute atomic E-state index is 1.02. The van der Waals surface area contributed by atoms with Gasteiger partial charge >= 0.3 is 12.1 Å². The molecule has 84 valence electrons. The average molecular weight is 216 g/mol. The van der Waals surface area contributed by atoms with Crippen LogP contribution in [0.25, 0.3) is 0 Å². The van der Waals surface area contributed by atoms with Gasteiger partial charge in [0.25, 0.3) is 0 Å². The first-order valence-corrected chi connectivity index (χ1v) is 3.67. The van der Waals surface area contributed by atoms with Crippen molar-refractivity contribution in [3.05, 3.63) is 0 Å². The summed E-state index contributed by atoms with van der Waals surface area (Å²) in [5.74, 6) is -3.71. The molecule has 1 atom stereocenters. The number of aliphatic carboxylic acids is 1. The highest BCUT2D eigenvalue weighted by Gasteiger charge is 2.46. The molecule has 0 saturated carbocycles. The number of hydrogen-bond donors (Lipinski definition) is 1. The summed E-state index contributed by atoms with van der Waals surface area (Å²) in [4.78, 5) is 10.2. The van der Waals surface area contributed by atoms with Crippen molar-refractivity contribution in [3.8, 4) is 0 Å². The molecule has 4 nitrogen and oxygen atoms in total. The average Bonchev–Trinajstić information content (AvgIpc) is 2.02. The molecule has 0 aliphatic carbocycles. The Balaban J connectivity index is 4.61. The molecule has 7 heteroatoms. The molecule has 14 heavy (non-hydrogen) atoms. The molecule has 0 spiro atoms. The summed E-state index contributed by atoms with van der Waals surface area (Å²) in [6.45, 7) is 0. The molecular formula is C7H11F3O4. The predicted octanol–water partition coefficient (Wildman–Crippen LogP) is 1.26. The Bertz CT molecular complexity index is 188. The Morgan fingerprint density at radius 1 is 1.36 bits per heavy atom. The number of carboxylic acid groups (broad SMARTS) is 1. The Morgan fingerprint density at radius 3 is 2.00 bits per heavy atom. The van der Waals surface area contributed by atoms with Crippen molar-refractivity contribution in [2.45, 2.75) is 18.9 Å². The highest BCUT2D eigenvalue weighted by molar-refractivity contribution is 5.67. The van der Waals surface area contributed by atoms with Crippen LogP contribution in [-0.4, -0.2) is 37.8 Å². The summed E-state index contributed by atoms with van der Waals surface area (Å²) in [6.07, 6.45) is -7.32. The van der Waals surface area contributed by atoms with E-state index in [1.54, 1.807) is 0 Å². The zero-order valence-corrected chi connectivity index (χ0v) is 7.67. The minimum Gasteiger partial charge on any atom is -0.481 e. The van der Waals surface area contributed by atoms with E-state index in [1.807, 2.05) is 0 Å². The lowest BCUT2D eigenvalue weighted by molar-refractivity contribution is -0.255. The smallest absolute Gasteiger partial charge is 0.397 e. The zero-order chi connectivity index (χ0) is 11.4. The van der Waals surface area contributed by atoms with E-state index in [-0.39, 0.29) is 0 Å². The second-order valence-electron chi connectivity index (χ2n) is 2.59. The predicted molar refractivity (Wildman–Crippen MR) is 39.6 cm³/mol. The highest BCUT2D eigenvalue weighted by Crippen LogP contribution is 2.32. The van der Waals surface area contributed by atoms with Crippen molar-refractivity contribution < 1.29 is 32.5 Å². The molecule has 0 aromatic rings. The van der Waals surface area contributed by atoms with Crippen molar-refractivity contribution in [1.82, 2.24) is 0 Å². The van der Waals surface area contributed by atoms with Crippen molar-refractivity contribution in [1.29, 1.82) is 0 Å². The Morgan fingerprint density at radius 2 is 1.79 bits per heavy atom. The molecule has 0 aliphatic heterocycles. The Hall–Kier alpha value is -0.820. The largest absolute Gasteiger partial charge is 0.481 e. The molecule has 0 saturated heterocycles. The first kappa shape index (κ1) is 13.2. The van der Waals surface area contributed by atoms with E-state index in [0.717, 1.165) is 14.2 Å².